The molecule has 3 rings (SSSR count). The number of amides is 1. The highest BCUT2D eigenvalue weighted by Crippen LogP contribution is 2.19. The summed E-state index contributed by atoms with van der Waals surface area (Å²) in [5.41, 5.74) is 2.53. The van der Waals surface area contributed by atoms with E-state index in [0.717, 1.165) is 24.5 Å². The Balaban J connectivity index is 1.55. The molecule has 7 heteroatoms. The highest BCUT2D eigenvalue weighted by atomic mass is 16.4. The molecule has 1 atom stereocenters. The molecule has 1 unspecified atom stereocenters. The average Bonchev–Trinajstić information content (AvgIpc) is 2.69. The molecular weight excluding hydrogens is 356 g/mol. The van der Waals surface area contributed by atoms with Gasteiger partial charge in [-0.15, -0.1) is 0 Å². The number of anilines is 3. The Morgan fingerprint density at radius 3 is 2.11 bits per heavy atom. The van der Waals surface area contributed by atoms with Crippen molar-refractivity contribution in [1.82, 2.24) is 9.80 Å². The van der Waals surface area contributed by atoms with Crippen molar-refractivity contribution in [2.45, 2.75) is 12.5 Å². The molecule has 1 aliphatic rings. The number of carboxylic acid groups (broad SMARTS) is 1. The van der Waals surface area contributed by atoms with Crippen molar-refractivity contribution >= 4 is 28.9 Å². The van der Waals surface area contributed by atoms with Gasteiger partial charge in [-0.1, -0.05) is 18.2 Å². The molecule has 3 N–H and O–H groups in total. The summed E-state index contributed by atoms with van der Waals surface area (Å²) in [6.07, 6.45) is -0.0664. The lowest BCUT2D eigenvalue weighted by atomic mass is 10.1. The number of likely N-dealkylation sites (N-methyl/N-ethyl adjacent to an activating group) is 1. The standard InChI is InChI=1S/C21H26N4O3/c1-24-11-13-25(14-12-24)19(21(27)28)15-20(26)23-18-9-7-17(8-10-18)22-16-5-3-2-4-6-16/h2-10,19,22H,11-15H2,1H3,(H,23,26)(H,27,28). The first-order valence-corrected chi connectivity index (χ1v) is 9.38. The second-order valence-corrected chi connectivity index (χ2v) is 7.01. The summed E-state index contributed by atoms with van der Waals surface area (Å²) in [6, 6.07) is 16.4. The van der Waals surface area contributed by atoms with Gasteiger partial charge in [-0.2, -0.15) is 0 Å². The van der Waals surface area contributed by atoms with Crippen molar-refractivity contribution in [2.24, 2.45) is 0 Å². The molecule has 1 fully saturated rings. The molecule has 1 aliphatic heterocycles. The van der Waals surface area contributed by atoms with Gasteiger partial charge < -0.3 is 20.6 Å². The third kappa shape index (κ3) is 5.55. The molecule has 28 heavy (non-hydrogen) atoms. The van der Waals surface area contributed by atoms with Gasteiger partial charge in [-0.25, -0.2) is 0 Å². The Morgan fingerprint density at radius 1 is 0.929 bits per heavy atom. The molecule has 0 spiro atoms. The van der Waals surface area contributed by atoms with E-state index in [1.54, 1.807) is 12.1 Å². The third-order valence-electron chi connectivity index (χ3n) is 4.87. The number of rotatable bonds is 7. The molecule has 0 bridgehead atoms. The zero-order valence-corrected chi connectivity index (χ0v) is 16.0. The van der Waals surface area contributed by atoms with Gasteiger partial charge in [-0.05, 0) is 43.4 Å². The average molecular weight is 382 g/mol. The Labute approximate surface area is 165 Å². The van der Waals surface area contributed by atoms with Crippen LogP contribution >= 0.6 is 0 Å². The fourth-order valence-electron chi connectivity index (χ4n) is 3.22. The van der Waals surface area contributed by atoms with Crippen molar-refractivity contribution in [3.63, 3.8) is 0 Å². The van der Waals surface area contributed by atoms with Gasteiger partial charge in [-0.3, -0.25) is 14.5 Å². The van der Waals surface area contributed by atoms with Crippen LogP contribution in [0.15, 0.2) is 54.6 Å². The molecule has 1 heterocycles. The van der Waals surface area contributed by atoms with E-state index >= 15 is 0 Å². The van der Waals surface area contributed by atoms with Crippen molar-refractivity contribution < 1.29 is 14.7 Å². The molecule has 0 aliphatic carbocycles. The summed E-state index contributed by atoms with van der Waals surface area (Å²) in [7, 11) is 2.01. The number of carbonyl (C=O) groups excluding carboxylic acids is 1. The first-order chi connectivity index (χ1) is 13.5. The van der Waals surface area contributed by atoms with Crippen LogP contribution < -0.4 is 10.6 Å². The van der Waals surface area contributed by atoms with Crippen LogP contribution in [0.2, 0.25) is 0 Å². The number of hydrogen-bond acceptors (Lipinski definition) is 5. The van der Waals surface area contributed by atoms with Crippen LogP contribution in [0.1, 0.15) is 6.42 Å². The highest BCUT2D eigenvalue weighted by Gasteiger charge is 2.30. The predicted molar refractivity (Wildman–Crippen MR) is 110 cm³/mol. The zero-order chi connectivity index (χ0) is 19.9. The maximum absolute atomic E-state index is 12.4. The van der Waals surface area contributed by atoms with Gasteiger partial charge >= 0.3 is 5.97 Å². The molecule has 148 valence electrons. The Kier molecular flexibility index (Phi) is 6.62. The second-order valence-electron chi connectivity index (χ2n) is 7.01. The van der Waals surface area contributed by atoms with Gasteiger partial charge in [0.15, 0.2) is 0 Å². The van der Waals surface area contributed by atoms with Gasteiger partial charge in [0.2, 0.25) is 5.91 Å². The number of piperazine rings is 1. The van der Waals surface area contributed by atoms with Crippen molar-refractivity contribution in [2.75, 3.05) is 43.9 Å². The summed E-state index contributed by atoms with van der Waals surface area (Å²) in [5, 5.41) is 15.6. The van der Waals surface area contributed by atoms with E-state index in [1.165, 1.54) is 0 Å². The summed E-state index contributed by atoms with van der Waals surface area (Å²) < 4.78 is 0. The molecule has 1 saturated heterocycles. The van der Waals surface area contributed by atoms with E-state index in [9.17, 15) is 14.7 Å². The number of para-hydroxylation sites is 1. The number of hydrogen-bond donors (Lipinski definition) is 3. The third-order valence-corrected chi connectivity index (χ3v) is 4.87. The van der Waals surface area contributed by atoms with Crippen molar-refractivity contribution in [3.8, 4) is 0 Å². The van der Waals surface area contributed by atoms with Crippen LogP contribution in [0.3, 0.4) is 0 Å². The van der Waals surface area contributed by atoms with Gasteiger partial charge in [0.05, 0.1) is 6.42 Å². The first-order valence-electron chi connectivity index (χ1n) is 9.38. The SMILES string of the molecule is CN1CCN(C(CC(=O)Nc2ccc(Nc3ccccc3)cc2)C(=O)O)CC1. The topological polar surface area (TPSA) is 84.9 Å². The lowest BCUT2D eigenvalue weighted by molar-refractivity contribution is -0.145. The normalized spacial score (nSPS) is 16.3. The summed E-state index contributed by atoms with van der Waals surface area (Å²) in [6.45, 7) is 2.92. The van der Waals surface area contributed by atoms with Gasteiger partial charge in [0.1, 0.15) is 6.04 Å². The molecule has 0 radical (unpaired) electrons. The number of carboxylic acids is 1. The lowest BCUT2D eigenvalue weighted by Gasteiger charge is -2.35. The molecule has 1 amide bonds. The fourth-order valence-corrected chi connectivity index (χ4v) is 3.22. The van der Waals surface area contributed by atoms with Crippen LogP contribution in [0.4, 0.5) is 17.1 Å². The molecule has 0 aromatic heterocycles. The molecule has 2 aromatic carbocycles. The van der Waals surface area contributed by atoms with Gasteiger partial charge in [0, 0.05) is 43.2 Å². The number of nitrogens with zero attached hydrogens (tertiary/aromatic N) is 2. The minimum Gasteiger partial charge on any atom is -0.480 e. The number of benzene rings is 2. The first kappa shape index (κ1) is 19.9. The Hall–Kier alpha value is -2.90. The van der Waals surface area contributed by atoms with E-state index in [2.05, 4.69) is 15.5 Å². The summed E-state index contributed by atoms with van der Waals surface area (Å²) in [4.78, 5) is 28.0. The minimum atomic E-state index is -0.956. The van der Waals surface area contributed by atoms with Gasteiger partial charge in [0.25, 0.3) is 0 Å². The van der Waals surface area contributed by atoms with E-state index in [4.69, 9.17) is 0 Å². The number of carbonyl (C=O) groups is 2. The van der Waals surface area contributed by atoms with Crippen LogP contribution in [0.5, 0.6) is 0 Å². The molecule has 2 aromatic rings. The molecular formula is C21H26N4O3. The quantitative estimate of drug-likeness (QED) is 0.682. The lowest BCUT2D eigenvalue weighted by Crippen LogP contribution is -2.52. The summed E-state index contributed by atoms with van der Waals surface area (Å²) in [5.74, 6) is -1.25. The Bertz CT molecular complexity index is 787. The van der Waals surface area contributed by atoms with E-state index in [1.807, 2.05) is 54.4 Å². The van der Waals surface area contributed by atoms with E-state index in [-0.39, 0.29) is 12.3 Å². The number of nitrogens with one attached hydrogen (secondary N) is 2. The van der Waals surface area contributed by atoms with Crippen molar-refractivity contribution in [1.29, 1.82) is 0 Å². The molecule has 0 saturated carbocycles. The van der Waals surface area contributed by atoms with Crippen molar-refractivity contribution in [3.05, 3.63) is 54.6 Å². The van der Waals surface area contributed by atoms with Crippen LogP contribution in [0, 0.1) is 0 Å². The van der Waals surface area contributed by atoms with Crippen LogP contribution in [-0.4, -0.2) is 66.1 Å². The van der Waals surface area contributed by atoms with Crippen LogP contribution in [0.25, 0.3) is 0 Å². The fraction of sp³-hybridized carbons (Fsp3) is 0.333. The summed E-state index contributed by atoms with van der Waals surface area (Å²) >= 11 is 0. The minimum absolute atomic E-state index is 0.0664. The molecule has 7 nitrogen and oxygen atoms in total. The van der Waals surface area contributed by atoms with Crippen LogP contribution in [-0.2, 0) is 9.59 Å². The maximum Gasteiger partial charge on any atom is 0.321 e. The largest absolute Gasteiger partial charge is 0.480 e. The smallest absolute Gasteiger partial charge is 0.321 e. The monoisotopic (exact) mass is 382 g/mol. The number of aliphatic carboxylic acids is 1. The predicted octanol–water partition coefficient (Wildman–Crippen LogP) is 2.46. The maximum atomic E-state index is 12.4. The highest BCUT2D eigenvalue weighted by molar-refractivity contribution is 5.94. The second kappa shape index (κ2) is 9.34. The van der Waals surface area contributed by atoms with E-state index in [0.29, 0.717) is 18.8 Å². The van der Waals surface area contributed by atoms with E-state index < -0.39 is 12.0 Å². The zero-order valence-electron chi connectivity index (χ0n) is 16.0. The Morgan fingerprint density at radius 2 is 1.50 bits per heavy atom.